The summed E-state index contributed by atoms with van der Waals surface area (Å²) in [6.45, 7) is 0. The van der Waals surface area contributed by atoms with Crippen LogP contribution >= 0.6 is 11.6 Å². The average molecular weight is 188 g/mol. The van der Waals surface area contributed by atoms with Gasteiger partial charge in [0.05, 0.1) is 5.92 Å². The van der Waals surface area contributed by atoms with Crippen LogP contribution in [0.3, 0.4) is 0 Å². The molecule has 0 aromatic heterocycles. The molecule has 66 valence electrons. The summed E-state index contributed by atoms with van der Waals surface area (Å²) < 4.78 is 0. The number of imide groups is 1. The second-order valence-electron chi connectivity index (χ2n) is 3.48. The summed E-state index contributed by atoms with van der Waals surface area (Å²) in [5.74, 6) is -0.756. The molecule has 0 bridgehead atoms. The molecule has 2 fully saturated rings. The Bertz CT molecular complexity index is 253. The zero-order valence-corrected chi connectivity index (χ0v) is 7.36. The van der Waals surface area contributed by atoms with Gasteiger partial charge >= 0.3 is 0 Å². The molecule has 2 amide bonds. The van der Waals surface area contributed by atoms with Gasteiger partial charge in [-0.25, -0.2) is 0 Å². The Balaban J connectivity index is 2.33. The lowest BCUT2D eigenvalue weighted by atomic mass is 9.80. The van der Waals surface area contributed by atoms with E-state index in [2.05, 4.69) is 5.32 Å². The van der Waals surface area contributed by atoms with Crippen LogP contribution in [0.2, 0.25) is 0 Å². The second kappa shape index (κ2) is 2.46. The number of amides is 2. The molecule has 0 radical (unpaired) electrons. The number of nitrogens with one attached hydrogen (secondary N) is 1. The molecule has 0 aromatic rings. The van der Waals surface area contributed by atoms with Crippen LogP contribution in [-0.4, -0.2) is 16.7 Å². The Kier molecular flexibility index (Phi) is 1.65. The van der Waals surface area contributed by atoms with Crippen molar-refractivity contribution in [2.45, 2.75) is 30.6 Å². The molecule has 1 N–H and O–H groups in total. The van der Waals surface area contributed by atoms with Crippen LogP contribution in [0.5, 0.6) is 0 Å². The Labute approximate surface area is 75.5 Å². The molecule has 2 atom stereocenters. The van der Waals surface area contributed by atoms with Gasteiger partial charge in [-0.3, -0.25) is 14.9 Å². The smallest absolute Gasteiger partial charge is 0.248 e. The van der Waals surface area contributed by atoms with E-state index in [0.717, 1.165) is 19.3 Å². The molecule has 0 aromatic carbocycles. The van der Waals surface area contributed by atoms with E-state index in [1.807, 2.05) is 0 Å². The number of hydrogen-bond acceptors (Lipinski definition) is 2. The summed E-state index contributed by atoms with van der Waals surface area (Å²) in [5, 5.41) is 2.29. The average Bonchev–Trinajstić information content (AvgIpc) is 2.25. The standard InChI is InChI=1S/C8H10ClNO2/c9-8-4-2-1-3-5(8)6(11)10-7(8)12/h5H,1-4H2,(H,10,11,12). The maximum Gasteiger partial charge on any atom is 0.248 e. The molecule has 1 aliphatic heterocycles. The maximum atomic E-state index is 11.3. The minimum absolute atomic E-state index is 0.185. The molecule has 12 heavy (non-hydrogen) atoms. The Morgan fingerprint density at radius 3 is 2.83 bits per heavy atom. The number of hydrogen-bond donors (Lipinski definition) is 1. The molecule has 1 aliphatic carbocycles. The van der Waals surface area contributed by atoms with E-state index in [0.29, 0.717) is 6.42 Å². The van der Waals surface area contributed by atoms with Gasteiger partial charge in [-0.05, 0) is 12.8 Å². The van der Waals surface area contributed by atoms with Crippen molar-refractivity contribution in [3.05, 3.63) is 0 Å². The van der Waals surface area contributed by atoms with Crippen LogP contribution in [-0.2, 0) is 9.59 Å². The Hall–Kier alpha value is -0.570. The van der Waals surface area contributed by atoms with Gasteiger partial charge in [0.1, 0.15) is 4.87 Å². The lowest BCUT2D eigenvalue weighted by Gasteiger charge is -2.28. The number of carbonyl (C=O) groups excluding carboxylic acids is 2. The van der Waals surface area contributed by atoms with Gasteiger partial charge in [0.15, 0.2) is 0 Å². The van der Waals surface area contributed by atoms with Gasteiger partial charge in [0, 0.05) is 0 Å². The summed E-state index contributed by atoms with van der Waals surface area (Å²) in [4.78, 5) is 21.6. The van der Waals surface area contributed by atoms with Gasteiger partial charge in [-0.1, -0.05) is 12.8 Å². The van der Waals surface area contributed by atoms with Crippen molar-refractivity contribution < 1.29 is 9.59 Å². The summed E-state index contributed by atoms with van der Waals surface area (Å²) in [6, 6.07) is 0. The van der Waals surface area contributed by atoms with E-state index in [-0.39, 0.29) is 17.7 Å². The minimum atomic E-state index is -0.907. The van der Waals surface area contributed by atoms with Crippen molar-refractivity contribution in [3.63, 3.8) is 0 Å². The van der Waals surface area contributed by atoms with Gasteiger partial charge < -0.3 is 0 Å². The molecule has 2 rings (SSSR count). The zero-order valence-electron chi connectivity index (χ0n) is 6.60. The molecule has 2 unspecified atom stereocenters. The van der Waals surface area contributed by atoms with Crippen LogP contribution in [0, 0.1) is 5.92 Å². The molecule has 1 saturated carbocycles. The minimum Gasteiger partial charge on any atom is -0.295 e. The van der Waals surface area contributed by atoms with E-state index in [1.54, 1.807) is 0 Å². The lowest BCUT2D eigenvalue weighted by Crippen LogP contribution is -2.38. The van der Waals surface area contributed by atoms with Gasteiger partial charge in [0.25, 0.3) is 0 Å². The van der Waals surface area contributed by atoms with Gasteiger partial charge in [-0.15, -0.1) is 11.6 Å². The van der Waals surface area contributed by atoms with Crippen molar-refractivity contribution >= 4 is 23.4 Å². The fraction of sp³-hybridized carbons (Fsp3) is 0.750. The second-order valence-corrected chi connectivity index (χ2v) is 4.15. The summed E-state index contributed by atoms with van der Waals surface area (Å²) in [5.41, 5.74) is 0. The van der Waals surface area contributed by atoms with Crippen molar-refractivity contribution in [1.82, 2.24) is 5.32 Å². The number of halogens is 1. The summed E-state index contributed by atoms with van der Waals surface area (Å²) in [6.07, 6.45) is 3.33. The highest BCUT2D eigenvalue weighted by Crippen LogP contribution is 2.42. The van der Waals surface area contributed by atoms with Crippen molar-refractivity contribution in [1.29, 1.82) is 0 Å². The highest BCUT2D eigenvalue weighted by molar-refractivity contribution is 6.40. The third kappa shape index (κ3) is 0.891. The normalized spacial score (nSPS) is 40.9. The van der Waals surface area contributed by atoms with Crippen molar-refractivity contribution in [3.8, 4) is 0 Å². The predicted octanol–water partition coefficient (Wildman–Crippen LogP) is 0.811. The highest BCUT2D eigenvalue weighted by atomic mass is 35.5. The fourth-order valence-electron chi connectivity index (χ4n) is 2.05. The number of fused-ring (bicyclic) bond motifs is 1. The van der Waals surface area contributed by atoms with E-state index in [9.17, 15) is 9.59 Å². The van der Waals surface area contributed by atoms with Gasteiger partial charge in [-0.2, -0.15) is 0 Å². The van der Waals surface area contributed by atoms with Crippen LogP contribution in [0.25, 0.3) is 0 Å². The largest absolute Gasteiger partial charge is 0.295 e. The summed E-state index contributed by atoms with van der Waals surface area (Å²) in [7, 11) is 0. The zero-order chi connectivity index (χ0) is 8.77. The molecule has 2 aliphatic rings. The first kappa shape index (κ1) is 8.05. The number of alkyl halides is 1. The Morgan fingerprint density at radius 2 is 2.17 bits per heavy atom. The Morgan fingerprint density at radius 1 is 1.42 bits per heavy atom. The van der Waals surface area contributed by atoms with Crippen molar-refractivity contribution in [2.24, 2.45) is 5.92 Å². The van der Waals surface area contributed by atoms with E-state index < -0.39 is 4.87 Å². The van der Waals surface area contributed by atoms with E-state index >= 15 is 0 Å². The van der Waals surface area contributed by atoms with Crippen LogP contribution in [0.4, 0.5) is 0 Å². The first-order valence-corrected chi connectivity index (χ1v) is 4.56. The highest BCUT2D eigenvalue weighted by Gasteiger charge is 2.54. The maximum absolute atomic E-state index is 11.3. The van der Waals surface area contributed by atoms with Crippen LogP contribution < -0.4 is 5.32 Å². The summed E-state index contributed by atoms with van der Waals surface area (Å²) >= 11 is 6.08. The SMILES string of the molecule is O=C1NC(=O)C2(Cl)CCCCC12. The number of rotatable bonds is 0. The first-order chi connectivity index (χ1) is 5.64. The molecule has 0 spiro atoms. The van der Waals surface area contributed by atoms with Crippen LogP contribution in [0.1, 0.15) is 25.7 Å². The quantitative estimate of drug-likeness (QED) is 0.451. The first-order valence-electron chi connectivity index (χ1n) is 4.19. The third-order valence-electron chi connectivity index (χ3n) is 2.77. The van der Waals surface area contributed by atoms with Crippen molar-refractivity contribution in [2.75, 3.05) is 0 Å². The van der Waals surface area contributed by atoms with E-state index in [1.165, 1.54) is 0 Å². The third-order valence-corrected chi connectivity index (χ3v) is 3.39. The van der Waals surface area contributed by atoms with Crippen LogP contribution in [0.15, 0.2) is 0 Å². The lowest BCUT2D eigenvalue weighted by molar-refractivity contribution is -0.126. The monoisotopic (exact) mass is 187 g/mol. The molecular formula is C8H10ClNO2. The van der Waals surface area contributed by atoms with E-state index in [4.69, 9.17) is 11.6 Å². The topological polar surface area (TPSA) is 46.2 Å². The van der Waals surface area contributed by atoms with Gasteiger partial charge in [0.2, 0.25) is 11.8 Å². The molecule has 3 nitrogen and oxygen atoms in total. The fourth-order valence-corrected chi connectivity index (χ4v) is 2.44. The molecule has 4 heteroatoms. The predicted molar refractivity (Wildman–Crippen MR) is 43.7 cm³/mol. The molecule has 1 heterocycles. The molecule has 1 saturated heterocycles. The molecular weight excluding hydrogens is 178 g/mol. The number of carbonyl (C=O) groups is 2.